The minimum Gasteiger partial charge on any atom is -0.167 e. The molecule has 0 radical (unpaired) electrons. The maximum absolute atomic E-state index is 5.77. The second-order valence-electron chi connectivity index (χ2n) is 12.8. The first-order valence-corrected chi connectivity index (χ1v) is 18.1. The summed E-state index contributed by atoms with van der Waals surface area (Å²) in [5.41, 5.74) is 2.84. The van der Waals surface area contributed by atoms with E-state index in [-0.39, 0.29) is 0 Å². The van der Waals surface area contributed by atoms with Crippen LogP contribution in [-0.2, 0) is 20.1 Å². The summed E-state index contributed by atoms with van der Waals surface area (Å²) in [4.78, 5) is 10.8. The van der Waals surface area contributed by atoms with Crippen LogP contribution in [0.5, 0.6) is 0 Å². The van der Waals surface area contributed by atoms with Crippen LogP contribution in [0, 0.1) is 0 Å². The zero-order valence-corrected chi connectivity index (χ0v) is 26.5. The highest BCUT2D eigenvalue weighted by molar-refractivity contribution is 4.68. The molecule has 0 unspecified atom stereocenters. The van der Waals surface area contributed by atoms with Crippen molar-refractivity contribution in [1.29, 1.82) is 0 Å². The Hall–Kier alpha value is -0.240. The zero-order valence-electron chi connectivity index (χ0n) is 26.5. The van der Waals surface area contributed by atoms with Crippen LogP contribution < -0.4 is 5.48 Å². The summed E-state index contributed by atoms with van der Waals surface area (Å²) < 4.78 is 0. The molecule has 0 spiro atoms. The zero-order chi connectivity index (χ0) is 28.0. The van der Waals surface area contributed by atoms with Crippen LogP contribution in [0.3, 0.4) is 0 Å². The molecular formula is C34H68N2O4. The van der Waals surface area contributed by atoms with Crippen molar-refractivity contribution < 1.29 is 20.1 Å². The Morgan fingerprint density at radius 2 is 0.725 bits per heavy atom. The molecule has 2 rings (SSSR count). The van der Waals surface area contributed by atoms with E-state index in [9.17, 15) is 0 Å². The predicted molar refractivity (Wildman–Crippen MR) is 166 cm³/mol. The number of hydroxylamine groups is 3. The number of hydrogen-bond acceptors (Lipinski definition) is 6. The van der Waals surface area contributed by atoms with Gasteiger partial charge in [0.25, 0.3) is 0 Å². The van der Waals surface area contributed by atoms with Crippen LogP contribution >= 0.6 is 0 Å². The minimum absolute atomic E-state index is 0.375. The average molecular weight is 569 g/mol. The fraction of sp³-hybridized carbons (Fsp3) is 1.00. The maximum atomic E-state index is 5.77. The van der Waals surface area contributed by atoms with Gasteiger partial charge in [-0.05, 0) is 35.8 Å². The maximum Gasteiger partial charge on any atom is 0.0383 e. The van der Waals surface area contributed by atoms with E-state index in [4.69, 9.17) is 20.1 Å². The normalized spacial score (nSPS) is 25.5. The Morgan fingerprint density at radius 3 is 1.15 bits per heavy atom. The Bertz CT molecular complexity index is 426. The third-order valence-electron chi connectivity index (χ3n) is 9.14. The van der Waals surface area contributed by atoms with E-state index in [0.717, 1.165) is 25.9 Å². The Kier molecular flexibility index (Phi) is 25.9. The largest absolute Gasteiger partial charge is 0.167 e. The SMILES string of the molecule is C1CCCCCCCCCC(N2CCCCCCCCCCCCCCNOOOO2)CCCCCCCCC1. The topological polar surface area (TPSA) is 52.2 Å². The first-order valence-electron chi connectivity index (χ1n) is 18.1. The van der Waals surface area contributed by atoms with Crippen LogP contribution in [0.4, 0.5) is 0 Å². The van der Waals surface area contributed by atoms with Crippen LogP contribution in [0.2, 0.25) is 0 Å². The summed E-state index contributed by atoms with van der Waals surface area (Å²) in [7, 11) is 0. The molecule has 0 aromatic rings. The third kappa shape index (κ3) is 22.4. The summed E-state index contributed by atoms with van der Waals surface area (Å²) in [5, 5.41) is 12.1. The molecule has 2 fully saturated rings. The summed E-state index contributed by atoms with van der Waals surface area (Å²) in [6.07, 6.45) is 41.6. The number of hydrogen-bond donors (Lipinski definition) is 1. The number of nitrogens with zero attached hydrogens (tertiary/aromatic N) is 1. The van der Waals surface area contributed by atoms with Gasteiger partial charge in [0.05, 0.1) is 0 Å². The van der Waals surface area contributed by atoms with Gasteiger partial charge in [0.1, 0.15) is 0 Å². The van der Waals surface area contributed by atoms with Crippen LogP contribution in [0.25, 0.3) is 0 Å². The van der Waals surface area contributed by atoms with E-state index >= 15 is 0 Å². The highest BCUT2D eigenvalue weighted by Crippen LogP contribution is 2.22. The molecule has 0 amide bonds. The van der Waals surface area contributed by atoms with Crippen molar-refractivity contribution in [3.63, 3.8) is 0 Å². The van der Waals surface area contributed by atoms with E-state index in [1.54, 1.807) is 0 Å². The first-order chi connectivity index (χ1) is 20.0. The highest BCUT2D eigenvalue weighted by atomic mass is 17.7. The molecule has 1 aliphatic heterocycles. The van der Waals surface area contributed by atoms with Crippen LogP contribution in [0.1, 0.15) is 199 Å². The van der Waals surface area contributed by atoms with Gasteiger partial charge in [0.2, 0.25) is 0 Å². The van der Waals surface area contributed by atoms with Crippen LogP contribution in [-0.4, -0.2) is 24.2 Å². The van der Waals surface area contributed by atoms with Gasteiger partial charge in [0, 0.05) is 19.1 Å². The quantitative estimate of drug-likeness (QED) is 0.317. The molecule has 0 aromatic heterocycles. The molecule has 6 nitrogen and oxygen atoms in total. The lowest BCUT2D eigenvalue weighted by molar-refractivity contribution is -0.686. The fourth-order valence-electron chi connectivity index (χ4n) is 6.49. The second kappa shape index (κ2) is 28.9. The average Bonchev–Trinajstić information content (AvgIpc) is 2.96. The van der Waals surface area contributed by atoms with Gasteiger partial charge in [0.15, 0.2) is 0 Å². The monoisotopic (exact) mass is 569 g/mol. The lowest BCUT2D eigenvalue weighted by Gasteiger charge is -2.28. The lowest BCUT2D eigenvalue weighted by Crippen LogP contribution is -2.36. The molecule has 6 heteroatoms. The van der Waals surface area contributed by atoms with Gasteiger partial charge in [-0.2, -0.15) is 10.5 Å². The predicted octanol–water partition coefficient (Wildman–Crippen LogP) is 11.0. The summed E-state index contributed by atoms with van der Waals surface area (Å²) >= 11 is 0. The summed E-state index contributed by atoms with van der Waals surface area (Å²) in [6, 6.07) is 0.375. The minimum atomic E-state index is 0.375. The van der Waals surface area contributed by atoms with Crippen molar-refractivity contribution in [2.75, 3.05) is 13.1 Å². The van der Waals surface area contributed by atoms with Crippen LogP contribution in [0.15, 0.2) is 0 Å². The number of rotatable bonds is 1. The fourth-order valence-corrected chi connectivity index (χ4v) is 6.49. The van der Waals surface area contributed by atoms with Crippen molar-refractivity contribution in [2.45, 2.75) is 205 Å². The Morgan fingerprint density at radius 1 is 0.375 bits per heavy atom. The van der Waals surface area contributed by atoms with E-state index in [0.29, 0.717) is 6.04 Å². The molecule has 2 aliphatic rings. The highest BCUT2D eigenvalue weighted by Gasteiger charge is 2.21. The second-order valence-corrected chi connectivity index (χ2v) is 12.8. The van der Waals surface area contributed by atoms with Gasteiger partial charge < -0.3 is 0 Å². The van der Waals surface area contributed by atoms with Gasteiger partial charge in [-0.1, -0.05) is 173 Å². The van der Waals surface area contributed by atoms with E-state index in [1.807, 2.05) is 0 Å². The molecule has 0 aromatic carbocycles. The van der Waals surface area contributed by atoms with Gasteiger partial charge >= 0.3 is 0 Å². The molecule has 1 heterocycles. The van der Waals surface area contributed by atoms with Crippen molar-refractivity contribution in [2.24, 2.45) is 0 Å². The standard InChI is InChI=1S/C34H68N2O4/c1-2-4-6-10-14-18-22-26-30-34(31-27-23-19-15-11-7-5-3-1)36-33-29-25-21-17-13-9-8-12-16-20-24-28-32-35-37-39-40-38-36/h34-35H,1-33H2. The van der Waals surface area contributed by atoms with Crippen molar-refractivity contribution >= 4 is 0 Å². The first kappa shape index (κ1) is 36.0. The van der Waals surface area contributed by atoms with Crippen molar-refractivity contribution in [3.05, 3.63) is 0 Å². The summed E-state index contributed by atoms with van der Waals surface area (Å²) in [5.74, 6) is 0. The van der Waals surface area contributed by atoms with E-state index in [1.165, 1.54) is 186 Å². The lowest BCUT2D eigenvalue weighted by atomic mass is 9.98. The summed E-state index contributed by atoms with van der Waals surface area (Å²) in [6.45, 7) is 1.65. The third-order valence-corrected chi connectivity index (χ3v) is 9.14. The van der Waals surface area contributed by atoms with Gasteiger partial charge in [-0.15, -0.1) is 9.98 Å². The molecule has 238 valence electrons. The van der Waals surface area contributed by atoms with Gasteiger partial charge in [-0.25, -0.2) is 0 Å². The molecule has 40 heavy (non-hydrogen) atoms. The van der Waals surface area contributed by atoms with E-state index in [2.05, 4.69) is 10.5 Å². The van der Waals surface area contributed by atoms with Crippen molar-refractivity contribution in [3.8, 4) is 0 Å². The van der Waals surface area contributed by atoms with E-state index < -0.39 is 0 Å². The Balaban J connectivity index is 1.83. The Labute approximate surface area is 248 Å². The number of nitrogens with one attached hydrogen (secondary N) is 1. The molecular weight excluding hydrogens is 500 g/mol. The molecule has 1 saturated heterocycles. The molecule has 1 N–H and O–H groups in total. The van der Waals surface area contributed by atoms with Gasteiger partial charge in [-0.3, -0.25) is 0 Å². The molecule has 1 aliphatic carbocycles. The smallest absolute Gasteiger partial charge is 0.0383 e. The molecule has 0 atom stereocenters. The van der Waals surface area contributed by atoms with Crippen molar-refractivity contribution in [1.82, 2.24) is 10.5 Å². The molecule has 1 saturated carbocycles. The molecule has 0 bridgehead atoms.